The third-order valence-corrected chi connectivity index (χ3v) is 5.47. The quantitative estimate of drug-likeness (QED) is 0.291. The van der Waals surface area contributed by atoms with E-state index in [1.54, 1.807) is 6.92 Å². The largest absolute Gasteiger partial charge is 0.295 e. The molecule has 0 spiro atoms. The fourth-order valence-electron chi connectivity index (χ4n) is 3.65. The monoisotopic (exact) mass is 427 g/mol. The molecule has 0 N–H and O–H groups in total. The van der Waals surface area contributed by atoms with Gasteiger partial charge in [-0.05, 0) is 18.1 Å². The van der Waals surface area contributed by atoms with E-state index >= 15 is 0 Å². The van der Waals surface area contributed by atoms with Gasteiger partial charge in [-0.3, -0.25) is 4.79 Å². The van der Waals surface area contributed by atoms with Crippen molar-refractivity contribution < 1.29 is 4.79 Å². The molecule has 33 heavy (non-hydrogen) atoms. The number of hydrogen-bond donors (Lipinski definition) is 0. The van der Waals surface area contributed by atoms with Crippen molar-refractivity contribution in [3.05, 3.63) is 115 Å². The highest BCUT2D eigenvalue weighted by molar-refractivity contribution is 5.94. The van der Waals surface area contributed by atoms with Crippen LogP contribution >= 0.6 is 0 Å². The van der Waals surface area contributed by atoms with E-state index in [2.05, 4.69) is 0 Å². The van der Waals surface area contributed by atoms with Gasteiger partial charge >= 0.3 is 0 Å². The Balaban J connectivity index is 1.55. The van der Waals surface area contributed by atoms with Crippen LogP contribution in [0.5, 0.6) is 0 Å². The van der Waals surface area contributed by atoms with Gasteiger partial charge < -0.3 is 0 Å². The number of aromatic nitrogens is 3. The molecular weight excluding hydrogens is 406 g/mol. The predicted molar refractivity (Wildman–Crippen MR) is 132 cm³/mol. The molecule has 4 nitrogen and oxygen atoms in total. The Morgan fingerprint density at radius 1 is 0.455 bits per heavy atom. The van der Waals surface area contributed by atoms with Gasteiger partial charge in [0.05, 0.1) is 0 Å². The molecule has 5 rings (SSSR count). The van der Waals surface area contributed by atoms with E-state index in [0.717, 1.165) is 27.8 Å². The smallest absolute Gasteiger partial charge is 0.164 e. The second kappa shape index (κ2) is 8.97. The van der Waals surface area contributed by atoms with Crippen LogP contribution in [0.4, 0.5) is 0 Å². The Labute approximate surface area is 192 Å². The van der Waals surface area contributed by atoms with Gasteiger partial charge in [0.25, 0.3) is 0 Å². The van der Waals surface area contributed by atoms with Crippen molar-refractivity contribution in [2.45, 2.75) is 6.92 Å². The first-order valence-electron chi connectivity index (χ1n) is 10.8. The Morgan fingerprint density at radius 2 is 0.788 bits per heavy atom. The molecule has 0 radical (unpaired) electrons. The second-order valence-electron chi connectivity index (χ2n) is 7.75. The summed E-state index contributed by atoms with van der Waals surface area (Å²) in [7, 11) is 0. The van der Waals surface area contributed by atoms with Crippen molar-refractivity contribution in [2.75, 3.05) is 0 Å². The van der Waals surface area contributed by atoms with Crippen LogP contribution in [0.15, 0.2) is 109 Å². The fraction of sp³-hybridized carbons (Fsp3) is 0.0345. The van der Waals surface area contributed by atoms with Gasteiger partial charge in [-0.15, -0.1) is 0 Å². The van der Waals surface area contributed by atoms with E-state index in [9.17, 15) is 4.79 Å². The molecule has 0 bridgehead atoms. The minimum atomic E-state index is 0.0650. The molecule has 0 aliphatic heterocycles. The first-order valence-corrected chi connectivity index (χ1v) is 10.8. The van der Waals surface area contributed by atoms with Gasteiger partial charge in [-0.2, -0.15) is 0 Å². The Morgan fingerprint density at radius 3 is 1.18 bits per heavy atom. The highest BCUT2D eigenvalue weighted by atomic mass is 16.1. The minimum absolute atomic E-state index is 0.0650. The molecule has 1 aromatic heterocycles. The van der Waals surface area contributed by atoms with Crippen LogP contribution in [0.1, 0.15) is 17.3 Å². The predicted octanol–water partition coefficient (Wildman–Crippen LogP) is 6.74. The Kier molecular flexibility index (Phi) is 5.56. The zero-order chi connectivity index (χ0) is 22.6. The summed E-state index contributed by atoms with van der Waals surface area (Å²) >= 11 is 0. The molecule has 5 aromatic rings. The maximum absolute atomic E-state index is 11.5. The van der Waals surface area contributed by atoms with Crippen LogP contribution in [0.3, 0.4) is 0 Å². The maximum Gasteiger partial charge on any atom is 0.164 e. The average Bonchev–Trinajstić information content (AvgIpc) is 2.89. The van der Waals surface area contributed by atoms with Gasteiger partial charge in [0.15, 0.2) is 23.3 Å². The fourth-order valence-corrected chi connectivity index (χ4v) is 3.65. The summed E-state index contributed by atoms with van der Waals surface area (Å²) < 4.78 is 0. The zero-order valence-corrected chi connectivity index (χ0v) is 18.1. The lowest BCUT2D eigenvalue weighted by molar-refractivity contribution is 0.101. The molecular formula is C29H21N3O. The molecule has 0 aliphatic rings. The van der Waals surface area contributed by atoms with Crippen molar-refractivity contribution in [1.29, 1.82) is 0 Å². The summed E-state index contributed by atoms with van der Waals surface area (Å²) in [6.45, 7) is 1.58. The van der Waals surface area contributed by atoms with E-state index in [4.69, 9.17) is 15.0 Å². The van der Waals surface area contributed by atoms with Crippen molar-refractivity contribution >= 4 is 5.78 Å². The normalized spacial score (nSPS) is 10.7. The molecule has 4 heteroatoms. The molecule has 158 valence electrons. The summed E-state index contributed by atoms with van der Waals surface area (Å²) in [6.07, 6.45) is 0. The lowest BCUT2D eigenvalue weighted by atomic mass is 10.0. The highest BCUT2D eigenvalue weighted by Gasteiger charge is 2.12. The van der Waals surface area contributed by atoms with Gasteiger partial charge in [0, 0.05) is 22.3 Å². The summed E-state index contributed by atoms with van der Waals surface area (Å²) in [5.74, 6) is 1.98. The van der Waals surface area contributed by atoms with Crippen molar-refractivity contribution in [3.8, 4) is 45.3 Å². The number of rotatable bonds is 5. The Bertz CT molecular complexity index is 1340. The zero-order valence-electron chi connectivity index (χ0n) is 18.1. The van der Waals surface area contributed by atoms with E-state index < -0.39 is 0 Å². The van der Waals surface area contributed by atoms with Gasteiger partial charge in [0.2, 0.25) is 0 Å². The number of hydrogen-bond acceptors (Lipinski definition) is 4. The third kappa shape index (κ3) is 4.46. The lowest BCUT2D eigenvalue weighted by Gasteiger charge is -2.09. The molecule has 0 fully saturated rings. The number of carbonyl (C=O) groups excluding carboxylic acids is 1. The summed E-state index contributed by atoms with van der Waals surface area (Å²) in [5.41, 5.74) is 5.63. The highest BCUT2D eigenvalue weighted by Crippen LogP contribution is 2.27. The van der Waals surface area contributed by atoms with Gasteiger partial charge in [-0.1, -0.05) is 109 Å². The third-order valence-electron chi connectivity index (χ3n) is 5.47. The number of carbonyl (C=O) groups is 1. The molecule has 1 heterocycles. The molecule has 0 atom stereocenters. The van der Waals surface area contributed by atoms with E-state index in [0.29, 0.717) is 23.0 Å². The molecule has 0 saturated heterocycles. The average molecular weight is 428 g/mol. The first-order chi connectivity index (χ1) is 16.2. The van der Waals surface area contributed by atoms with Crippen molar-refractivity contribution in [1.82, 2.24) is 15.0 Å². The minimum Gasteiger partial charge on any atom is -0.295 e. The van der Waals surface area contributed by atoms with Crippen LogP contribution in [0.2, 0.25) is 0 Å². The number of ketones is 1. The van der Waals surface area contributed by atoms with Crippen LogP contribution < -0.4 is 0 Å². The topological polar surface area (TPSA) is 55.7 Å². The standard InChI is InChI=1S/C29H21N3O/c1-20(33)21-12-14-22(15-13-21)23-16-18-26(19-17-23)29-31-27(24-8-4-2-5-9-24)30-28(32-29)25-10-6-3-7-11-25/h2-19H,1H3. The first kappa shape index (κ1) is 20.5. The van der Waals surface area contributed by atoms with Gasteiger partial charge in [-0.25, -0.2) is 15.0 Å². The number of nitrogens with zero attached hydrogens (tertiary/aromatic N) is 3. The number of Topliss-reactive ketones (excluding diaryl/α,β-unsaturated/α-hetero) is 1. The lowest BCUT2D eigenvalue weighted by Crippen LogP contribution is -2.00. The van der Waals surface area contributed by atoms with Crippen LogP contribution in [-0.4, -0.2) is 20.7 Å². The van der Waals surface area contributed by atoms with E-state index in [-0.39, 0.29) is 5.78 Å². The summed E-state index contributed by atoms with van der Waals surface area (Å²) in [6, 6.07) is 35.7. The molecule has 0 unspecified atom stereocenters. The Hall–Kier alpha value is -4.44. The van der Waals surface area contributed by atoms with Crippen LogP contribution in [-0.2, 0) is 0 Å². The number of benzene rings is 4. The molecule has 4 aromatic carbocycles. The van der Waals surface area contributed by atoms with Crippen molar-refractivity contribution in [3.63, 3.8) is 0 Å². The summed E-state index contributed by atoms with van der Waals surface area (Å²) in [5, 5.41) is 0. The SMILES string of the molecule is CC(=O)c1ccc(-c2ccc(-c3nc(-c4ccccc4)nc(-c4ccccc4)n3)cc2)cc1. The summed E-state index contributed by atoms with van der Waals surface area (Å²) in [4.78, 5) is 25.8. The van der Waals surface area contributed by atoms with Crippen LogP contribution in [0.25, 0.3) is 45.3 Å². The second-order valence-corrected chi connectivity index (χ2v) is 7.75. The maximum atomic E-state index is 11.5. The van der Waals surface area contributed by atoms with E-state index in [1.165, 1.54) is 0 Å². The molecule has 0 amide bonds. The molecule has 0 aliphatic carbocycles. The van der Waals surface area contributed by atoms with Crippen molar-refractivity contribution in [2.24, 2.45) is 0 Å². The van der Waals surface area contributed by atoms with Gasteiger partial charge in [0.1, 0.15) is 0 Å². The van der Waals surface area contributed by atoms with E-state index in [1.807, 2.05) is 109 Å². The molecule has 0 saturated carbocycles. The van der Waals surface area contributed by atoms with Crippen LogP contribution in [0, 0.1) is 0 Å².